The molecule has 1 saturated heterocycles. The van der Waals surface area contributed by atoms with Gasteiger partial charge in [0, 0.05) is 0 Å². The van der Waals surface area contributed by atoms with Gasteiger partial charge in [-0.3, -0.25) is 0 Å². The molecule has 1 aliphatic rings. The van der Waals surface area contributed by atoms with Crippen LogP contribution in [-0.4, -0.2) is 19.7 Å². The standard InChI is InChI=1S/C4H7FO2S/c5-4-2-1-3-8(4,6)7/h4H,1-3H2. The maximum Gasteiger partial charge on any atom is 0.200 e. The molecular weight excluding hydrogens is 131 g/mol. The van der Waals surface area contributed by atoms with Crippen LogP contribution in [0.15, 0.2) is 0 Å². The van der Waals surface area contributed by atoms with Crippen molar-refractivity contribution in [3.63, 3.8) is 0 Å². The zero-order valence-corrected chi connectivity index (χ0v) is 5.12. The topological polar surface area (TPSA) is 34.1 Å². The smallest absolute Gasteiger partial charge is 0.200 e. The van der Waals surface area contributed by atoms with Crippen LogP contribution in [0.1, 0.15) is 12.8 Å². The molecule has 1 rings (SSSR count). The van der Waals surface area contributed by atoms with Crippen LogP contribution in [0.5, 0.6) is 0 Å². The van der Waals surface area contributed by atoms with Crippen LogP contribution in [0, 0.1) is 0 Å². The molecule has 0 N–H and O–H groups in total. The van der Waals surface area contributed by atoms with Crippen LogP contribution in [0.25, 0.3) is 0 Å². The first kappa shape index (κ1) is 6.01. The zero-order chi connectivity index (χ0) is 6.20. The van der Waals surface area contributed by atoms with Crippen LogP contribution in [0.4, 0.5) is 4.39 Å². The molecule has 0 radical (unpaired) electrons. The van der Waals surface area contributed by atoms with Gasteiger partial charge in [0.2, 0.25) is 5.50 Å². The van der Waals surface area contributed by atoms with E-state index in [2.05, 4.69) is 0 Å². The van der Waals surface area contributed by atoms with Crippen LogP contribution < -0.4 is 0 Å². The van der Waals surface area contributed by atoms with Crippen molar-refractivity contribution in [2.75, 3.05) is 5.75 Å². The fraction of sp³-hybridized carbons (Fsp3) is 1.00. The van der Waals surface area contributed by atoms with Gasteiger partial charge in [-0.1, -0.05) is 0 Å². The second-order valence-electron chi connectivity index (χ2n) is 1.92. The van der Waals surface area contributed by atoms with E-state index < -0.39 is 15.3 Å². The van der Waals surface area contributed by atoms with Crippen molar-refractivity contribution in [2.45, 2.75) is 18.3 Å². The molecule has 1 aliphatic heterocycles. The van der Waals surface area contributed by atoms with E-state index in [1.807, 2.05) is 0 Å². The Morgan fingerprint density at radius 2 is 2.12 bits per heavy atom. The number of alkyl halides is 1. The lowest BCUT2D eigenvalue weighted by Crippen LogP contribution is -2.08. The molecule has 8 heavy (non-hydrogen) atoms. The number of hydrogen-bond acceptors (Lipinski definition) is 2. The normalized spacial score (nSPS) is 35.4. The highest BCUT2D eigenvalue weighted by atomic mass is 32.2. The minimum absolute atomic E-state index is 0.0359. The molecule has 48 valence electrons. The quantitative estimate of drug-likeness (QED) is 0.488. The molecule has 1 heterocycles. The summed E-state index contributed by atoms with van der Waals surface area (Å²) in [6.45, 7) is 0. The van der Waals surface area contributed by atoms with E-state index in [0.29, 0.717) is 6.42 Å². The molecule has 0 saturated carbocycles. The van der Waals surface area contributed by atoms with Gasteiger partial charge < -0.3 is 0 Å². The van der Waals surface area contributed by atoms with E-state index in [0.717, 1.165) is 0 Å². The first-order valence-corrected chi connectivity index (χ1v) is 4.20. The van der Waals surface area contributed by atoms with Gasteiger partial charge in [0.25, 0.3) is 0 Å². The molecule has 2 nitrogen and oxygen atoms in total. The highest BCUT2D eigenvalue weighted by Crippen LogP contribution is 2.19. The molecule has 0 aromatic heterocycles. The Bertz CT molecular complexity index is 172. The largest absolute Gasteiger partial charge is 0.230 e. The minimum atomic E-state index is -3.29. The molecule has 1 unspecified atom stereocenters. The molecule has 1 atom stereocenters. The molecule has 1 fully saturated rings. The van der Waals surface area contributed by atoms with Crippen molar-refractivity contribution in [1.29, 1.82) is 0 Å². The third-order valence-corrected chi connectivity index (χ3v) is 3.12. The predicted octanol–water partition coefficient (Wildman–Crippen LogP) is 0.491. The highest BCUT2D eigenvalue weighted by molar-refractivity contribution is 7.92. The Hall–Kier alpha value is -0.120. The average molecular weight is 138 g/mol. The molecule has 0 aromatic rings. The fourth-order valence-corrected chi connectivity index (χ4v) is 2.10. The molecule has 0 spiro atoms. The summed E-state index contributed by atoms with van der Waals surface area (Å²) < 4.78 is 32.9. The van der Waals surface area contributed by atoms with Gasteiger partial charge in [-0.15, -0.1) is 0 Å². The van der Waals surface area contributed by atoms with E-state index in [1.54, 1.807) is 0 Å². The van der Waals surface area contributed by atoms with Crippen LogP contribution >= 0.6 is 0 Å². The van der Waals surface area contributed by atoms with E-state index in [9.17, 15) is 12.8 Å². The van der Waals surface area contributed by atoms with Crippen LogP contribution in [0.3, 0.4) is 0 Å². The van der Waals surface area contributed by atoms with Crippen molar-refractivity contribution in [1.82, 2.24) is 0 Å². The van der Waals surface area contributed by atoms with Gasteiger partial charge in [-0.05, 0) is 12.8 Å². The summed E-state index contributed by atoms with van der Waals surface area (Å²) >= 11 is 0. The third-order valence-electron chi connectivity index (χ3n) is 1.25. The van der Waals surface area contributed by atoms with Gasteiger partial charge in [0.15, 0.2) is 9.84 Å². The Morgan fingerprint density at radius 1 is 1.50 bits per heavy atom. The lowest BCUT2D eigenvalue weighted by atomic mass is 10.4. The van der Waals surface area contributed by atoms with Crippen molar-refractivity contribution in [3.8, 4) is 0 Å². The Labute approximate surface area is 47.6 Å². The summed E-state index contributed by atoms with van der Waals surface area (Å²) in [5.41, 5.74) is -1.57. The monoisotopic (exact) mass is 138 g/mol. The van der Waals surface area contributed by atoms with Crippen molar-refractivity contribution >= 4 is 9.84 Å². The lowest BCUT2D eigenvalue weighted by Gasteiger charge is -1.92. The minimum Gasteiger partial charge on any atom is -0.230 e. The van der Waals surface area contributed by atoms with E-state index >= 15 is 0 Å². The van der Waals surface area contributed by atoms with E-state index in [4.69, 9.17) is 0 Å². The molecule has 0 aromatic carbocycles. The van der Waals surface area contributed by atoms with Gasteiger partial charge in [0.1, 0.15) is 0 Å². The average Bonchev–Trinajstić information content (AvgIpc) is 1.86. The SMILES string of the molecule is O=S1(=O)CCCC1F. The van der Waals surface area contributed by atoms with E-state index in [1.165, 1.54) is 0 Å². The molecule has 0 aliphatic carbocycles. The van der Waals surface area contributed by atoms with Gasteiger partial charge in [0.05, 0.1) is 5.75 Å². The molecule has 0 bridgehead atoms. The summed E-state index contributed by atoms with van der Waals surface area (Å²) in [5.74, 6) is 0.0359. The molecule has 0 amide bonds. The zero-order valence-electron chi connectivity index (χ0n) is 4.30. The highest BCUT2D eigenvalue weighted by Gasteiger charge is 2.30. The van der Waals surface area contributed by atoms with Crippen molar-refractivity contribution in [3.05, 3.63) is 0 Å². The number of sulfone groups is 1. The fourth-order valence-electron chi connectivity index (χ4n) is 0.752. The Balaban J connectivity index is 2.85. The number of rotatable bonds is 0. The summed E-state index contributed by atoms with van der Waals surface area (Å²) in [4.78, 5) is 0. The second-order valence-corrected chi connectivity index (χ2v) is 4.16. The predicted molar refractivity (Wildman–Crippen MR) is 27.9 cm³/mol. The van der Waals surface area contributed by atoms with Crippen molar-refractivity contribution < 1.29 is 12.8 Å². The summed E-state index contributed by atoms with van der Waals surface area (Å²) in [6.07, 6.45) is 0.686. The second kappa shape index (κ2) is 1.69. The van der Waals surface area contributed by atoms with Gasteiger partial charge in [-0.25, -0.2) is 12.8 Å². The number of halogens is 1. The van der Waals surface area contributed by atoms with Crippen molar-refractivity contribution in [2.24, 2.45) is 0 Å². The number of hydrogen-bond donors (Lipinski definition) is 0. The summed E-state index contributed by atoms with van der Waals surface area (Å²) in [6, 6.07) is 0. The molecule has 4 heteroatoms. The maximum absolute atomic E-state index is 12.1. The van der Waals surface area contributed by atoms with Crippen LogP contribution in [-0.2, 0) is 9.84 Å². The summed E-state index contributed by atoms with van der Waals surface area (Å²) in [7, 11) is -3.29. The van der Waals surface area contributed by atoms with Crippen LogP contribution in [0.2, 0.25) is 0 Å². The first-order chi connectivity index (χ1) is 3.63. The Kier molecular flexibility index (Phi) is 1.27. The van der Waals surface area contributed by atoms with Gasteiger partial charge in [-0.2, -0.15) is 0 Å². The molecular formula is C4H7FO2S. The third kappa shape index (κ3) is 0.844. The van der Waals surface area contributed by atoms with Gasteiger partial charge >= 0.3 is 0 Å². The maximum atomic E-state index is 12.1. The lowest BCUT2D eigenvalue weighted by molar-refractivity contribution is 0.418. The summed E-state index contributed by atoms with van der Waals surface area (Å²) in [5, 5.41) is 0. The Morgan fingerprint density at radius 3 is 2.25 bits per heavy atom. The first-order valence-electron chi connectivity index (χ1n) is 2.48. The van der Waals surface area contributed by atoms with E-state index in [-0.39, 0.29) is 12.2 Å².